The van der Waals surface area contributed by atoms with Crippen LogP contribution in [0.5, 0.6) is 11.5 Å². The van der Waals surface area contributed by atoms with Crippen molar-refractivity contribution in [1.29, 1.82) is 0 Å². The average molecular weight is 495 g/mol. The summed E-state index contributed by atoms with van der Waals surface area (Å²) in [7, 11) is 1.44. The smallest absolute Gasteiger partial charge is 0.298 e. The molecule has 34 heavy (non-hydrogen) atoms. The van der Waals surface area contributed by atoms with Gasteiger partial charge in [0.2, 0.25) is 0 Å². The van der Waals surface area contributed by atoms with Gasteiger partial charge in [0.05, 0.1) is 22.7 Å². The van der Waals surface area contributed by atoms with E-state index in [2.05, 4.69) is 5.32 Å². The number of para-hydroxylation sites is 2. The minimum atomic E-state index is -0.422. The summed E-state index contributed by atoms with van der Waals surface area (Å²) < 4.78 is 11.0. The number of amides is 3. The van der Waals surface area contributed by atoms with E-state index in [0.29, 0.717) is 16.9 Å². The largest absolute Gasteiger partial charge is 0.493 e. The van der Waals surface area contributed by atoms with E-state index in [-0.39, 0.29) is 39.2 Å². The van der Waals surface area contributed by atoms with Crippen LogP contribution in [0.3, 0.4) is 0 Å². The van der Waals surface area contributed by atoms with Gasteiger partial charge in [0.15, 0.2) is 18.1 Å². The lowest BCUT2D eigenvalue weighted by Crippen LogP contribution is -2.27. The Morgan fingerprint density at radius 2 is 1.74 bits per heavy atom. The minimum absolute atomic E-state index is 0.195. The van der Waals surface area contributed by atoms with Crippen molar-refractivity contribution in [3.63, 3.8) is 0 Å². The third-order valence-corrected chi connectivity index (χ3v) is 5.91. The molecular formula is C25H19ClN2O5S. The Balaban J connectivity index is 1.50. The number of nitrogens with zero attached hydrogens (tertiary/aromatic N) is 1. The fourth-order valence-electron chi connectivity index (χ4n) is 3.24. The van der Waals surface area contributed by atoms with E-state index >= 15 is 0 Å². The first-order chi connectivity index (χ1) is 16.5. The summed E-state index contributed by atoms with van der Waals surface area (Å²) in [6.45, 7) is -0.277. The maximum Gasteiger partial charge on any atom is 0.298 e. The molecule has 1 aliphatic rings. The van der Waals surface area contributed by atoms with Crippen LogP contribution in [0.4, 0.5) is 16.2 Å². The molecule has 0 saturated carbocycles. The molecular weight excluding hydrogens is 476 g/mol. The first kappa shape index (κ1) is 23.4. The third-order valence-electron chi connectivity index (χ3n) is 4.76. The Labute approximate surface area is 205 Å². The van der Waals surface area contributed by atoms with E-state index in [0.717, 1.165) is 16.7 Å². The second kappa shape index (κ2) is 10.5. The average Bonchev–Trinajstić information content (AvgIpc) is 3.11. The fraction of sp³-hybridized carbons (Fsp3) is 0.0800. The molecule has 1 N–H and O–H groups in total. The van der Waals surface area contributed by atoms with Gasteiger partial charge in [-0.1, -0.05) is 48.0 Å². The number of thioether (sulfide) groups is 1. The van der Waals surface area contributed by atoms with Crippen LogP contribution in [0, 0.1) is 0 Å². The summed E-state index contributed by atoms with van der Waals surface area (Å²) in [6, 6.07) is 20.9. The predicted octanol–water partition coefficient (Wildman–Crippen LogP) is 5.61. The molecule has 3 aromatic carbocycles. The number of nitrogens with one attached hydrogen (secondary N) is 1. The number of anilines is 2. The van der Waals surface area contributed by atoms with Crippen molar-refractivity contribution in [2.45, 2.75) is 0 Å². The number of carbonyl (C=O) groups is 3. The summed E-state index contributed by atoms with van der Waals surface area (Å²) in [5.41, 5.74) is 1.69. The molecule has 0 atom stereocenters. The van der Waals surface area contributed by atoms with Gasteiger partial charge in [-0.3, -0.25) is 14.4 Å². The van der Waals surface area contributed by atoms with Gasteiger partial charge in [0.1, 0.15) is 0 Å². The third kappa shape index (κ3) is 5.24. The molecule has 0 radical (unpaired) electrons. The molecule has 0 spiro atoms. The van der Waals surface area contributed by atoms with Gasteiger partial charge in [-0.05, 0) is 59.8 Å². The maximum absolute atomic E-state index is 12.8. The lowest BCUT2D eigenvalue weighted by molar-refractivity contribution is -0.118. The highest BCUT2D eigenvalue weighted by Crippen LogP contribution is 2.39. The molecule has 7 nitrogen and oxygen atoms in total. The summed E-state index contributed by atoms with van der Waals surface area (Å²) in [6.07, 6.45) is 1.56. The van der Waals surface area contributed by atoms with E-state index in [1.165, 1.54) is 7.11 Å². The zero-order valence-corrected chi connectivity index (χ0v) is 19.6. The van der Waals surface area contributed by atoms with E-state index < -0.39 is 5.91 Å². The standard InChI is InChI=1S/C25H19ClN2O5S/c1-32-20-13-16(14-21-24(30)28(25(31)34-21)18-10-6-3-7-11-18)12-19(26)23(20)33-15-22(29)27-17-8-4-2-5-9-17/h2-14H,15H2,1H3,(H,27,29)/b21-14+. The zero-order chi connectivity index (χ0) is 24.1. The highest BCUT2D eigenvalue weighted by Gasteiger charge is 2.36. The Morgan fingerprint density at radius 1 is 1.06 bits per heavy atom. The molecule has 0 aromatic heterocycles. The molecule has 0 aliphatic carbocycles. The topological polar surface area (TPSA) is 84.9 Å². The highest BCUT2D eigenvalue weighted by atomic mass is 35.5. The molecule has 9 heteroatoms. The van der Waals surface area contributed by atoms with Crippen molar-refractivity contribution in [3.8, 4) is 11.5 Å². The Bertz CT molecular complexity index is 1270. The van der Waals surface area contributed by atoms with Gasteiger partial charge in [-0.15, -0.1) is 0 Å². The fourth-order valence-corrected chi connectivity index (χ4v) is 4.35. The highest BCUT2D eigenvalue weighted by molar-refractivity contribution is 8.19. The lowest BCUT2D eigenvalue weighted by atomic mass is 10.1. The van der Waals surface area contributed by atoms with Crippen LogP contribution in [0.2, 0.25) is 5.02 Å². The SMILES string of the molecule is COc1cc(/C=C2/SC(=O)N(c3ccccc3)C2=O)cc(Cl)c1OCC(=O)Nc1ccccc1. The van der Waals surface area contributed by atoms with Crippen molar-refractivity contribution in [3.05, 3.63) is 88.3 Å². The van der Waals surface area contributed by atoms with Gasteiger partial charge in [0.25, 0.3) is 17.1 Å². The van der Waals surface area contributed by atoms with Crippen LogP contribution in [0.15, 0.2) is 77.7 Å². The zero-order valence-electron chi connectivity index (χ0n) is 18.0. The number of hydrogen-bond acceptors (Lipinski definition) is 6. The summed E-state index contributed by atoms with van der Waals surface area (Å²) in [5, 5.41) is 2.53. The van der Waals surface area contributed by atoms with Crippen LogP contribution < -0.4 is 19.7 Å². The number of hydrogen-bond donors (Lipinski definition) is 1. The van der Waals surface area contributed by atoms with Crippen molar-refractivity contribution < 1.29 is 23.9 Å². The molecule has 4 rings (SSSR count). The molecule has 1 fully saturated rings. The molecule has 172 valence electrons. The van der Waals surface area contributed by atoms with E-state index in [4.69, 9.17) is 21.1 Å². The minimum Gasteiger partial charge on any atom is -0.493 e. The normalized spacial score (nSPS) is 14.4. The number of benzene rings is 3. The Hall–Kier alpha value is -3.75. The van der Waals surface area contributed by atoms with Crippen LogP contribution in [0.1, 0.15) is 5.56 Å². The maximum atomic E-state index is 12.8. The Morgan fingerprint density at radius 3 is 2.41 bits per heavy atom. The van der Waals surface area contributed by atoms with Gasteiger partial charge >= 0.3 is 0 Å². The summed E-state index contributed by atoms with van der Waals surface area (Å²) in [4.78, 5) is 38.8. The molecule has 0 unspecified atom stereocenters. The second-order valence-electron chi connectivity index (χ2n) is 7.09. The summed E-state index contributed by atoms with van der Waals surface area (Å²) >= 11 is 7.24. The monoisotopic (exact) mass is 494 g/mol. The van der Waals surface area contributed by atoms with Gasteiger partial charge in [0, 0.05) is 5.69 Å². The molecule has 0 bridgehead atoms. The van der Waals surface area contributed by atoms with E-state index in [9.17, 15) is 14.4 Å². The van der Waals surface area contributed by atoms with Crippen LogP contribution in [0.25, 0.3) is 6.08 Å². The molecule has 1 aliphatic heterocycles. The van der Waals surface area contributed by atoms with E-state index in [1.54, 1.807) is 54.6 Å². The first-order valence-electron chi connectivity index (χ1n) is 10.1. The van der Waals surface area contributed by atoms with Crippen molar-refractivity contribution in [1.82, 2.24) is 0 Å². The number of imide groups is 1. The van der Waals surface area contributed by atoms with Gasteiger partial charge in [-0.2, -0.15) is 0 Å². The number of halogens is 1. The lowest BCUT2D eigenvalue weighted by Gasteiger charge is -2.14. The van der Waals surface area contributed by atoms with Crippen molar-refractivity contribution in [2.24, 2.45) is 0 Å². The molecule has 3 aromatic rings. The predicted molar refractivity (Wildman–Crippen MR) is 133 cm³/mol. The van der Waals surface area contributed by atoms with Gasteiger partial charge in [-0.25, -0.2) is 4.90 Å². The van der Waals surface area contributed by atoms with Crippen molar-refractivity contribution in [2.75, 3.05) is 23.9 Å². The van der Waals surface area contributed by atoms with Crippen molar-refractivity contribution >= 4 is 57.9 Å². The first-order valence-corrected chi connectivity index (χ1v) is 11.3. The quantitative estimate of drug-likeness (QED) is 0.430. The summed E-state index contributed by atoms with van der Waals surface area (Å²) in [5.74, 6) is -0.298. The van der Waals surface area contributed by atoms with Gasteiger partial charge < -0.3 is 14.8 Å². The van der Waals surface area contributed by atoms with E-state index in [1.807, 2.05) is 24.3 Å². The van der Waals surface area contributed by atoms with Crippen LogP contribution in [-0.2, 0) is 9.59 Å². The molecule has 3 amide bonds. The number of ether oxygens (including phenoxy) is 2. The number of carbonyl (C=O) groups excluding carboxylic acids is 3. The van der Waals surface area contributed by atoms with Crippen LogP contribution in [-0.4, -0.2) is 30.8 Å². The van der Waals surface area contributed by atoms with Crippen LogP contribution >= 0.6 is 23.4 Å². The Kier molecular flexibility index (Phi) is 7.20. The number of rotatable bonds is 7. The number of methoxy groups -OCH3 is 1. The second-order valence-corrected chi connectivity index (χ2v) is 8.49. The molecule has 1 saturated heterocycles. The molecule has 1 heterocycles.